The highest BCUT2D eigenvalue weighted by Crippen LogP contribution is 1.93. The van der Waals surface area contributed by atoms with Gasteiger partial charge in [-0.15, -0.1) is 12.3 Å². The van der Waals surface area contributed by atoms with Gasteiger partial charge in [0, 0.05) is 13.0 Å². The predicted molar refractivity (Wildman–Crippen MR) is 36.0 cm³/mol. The van der Waals surface area contributed by atoms with Crippen molar-refractivity contribution in [3.05, 3.63) is 6.54 Å². The Morgan fingerprint density at radius 2 is 2.50 bits per heavy atom. The molecule has 0 heterocycles. The average Bonchev–Trinajstić information content (AvgIpc) is 1.81. The summed E-state index contributed by atoms with van der Waals surface area (Å²) in [4.78, 5) is 0. The Hall–Kier alpha value is -0.480. The lowest BCUT2D eigenvalue weighted by Gasteiger charge is -1.92. The van der Waals surface area contributed by atoms with Crippen molar-refractivity contribution in [1.82, 2.24) is 5.32 Å². The Balaban J connectivity index is 2.65. The maximum atomic E-state index is 5.03. The van der Waals surface area contributed by atoms with Crippen molar-refractivity contribution in [1.29, 1.82) is 0 Å². The minimum absolute atomic E-state index is 0.887. The molecular formula is C7H12N. The molecule has 0 aromatic heterocycles. The molecule has 0 amide bonds. The van der Waals surface area contributed by atoms with Crippen molar-refractivity contribution in [3.8, 4) is 12.3 Å². The van der Waals surface area contributed by atoms with E-state index in [1.807, 2.05) is 13.6 Å². The zero-order chi connectivity index (χ0) is 6.24. The maximum absolute atomic E-state index is 5.03. The first-order chi connectivity index (χ1) is 3.91. The Kier molecular flexibility index (Phi) is 6.13. The van der Waals surface area contributed by atoms with Crippen molar-refractivity contribution in [2.75, 3.05) is 7.05 Å². The summed E-state index contributed by atoms with van der Waals surface area (Å²) in [6, 6.07) is 0. The molecule has 0 fully saturated rings. The van der Waals surface area contributed by atoms with Gasteiger partial charge in [0.2, 0.25) is 0 Å². The van der Waals surface area contributed by atoms with Gasteiger partial charge in [-0.05, 0) is 19.9 Å². The molecule has 0 atom stereocenters. The second kappa shape index (κ2) is 6.52. The van der Waals surface area contributed by atoms with Crippen LogP contribution < -0.4 is 5.32 Å². The molecule has 0 bridgehead atoms. The zero-order valence-electron chi connectivity index (χ0n) is 5.28. The summed E-state index contributed by atoms with van der Waals surface area (Å²) in [7, 11) is 1.90. The third-order valence-corrected chi connectivity index (χ3v) is 0.874. The quantitative estimate of drug-likeness (QED) is 0.423. The van der Waals surface area contributed by atoms with Crippen LogP contribution in [-0.2, 0) is 0 Å². The van der Waals surface area contributed by atoms with E-state index in [-0.39, 0.29) is 0 Å². The highest BCUT2D eigenvalue weighted by molar-refractivity contribution is 4.83. The standard InChI is InChI=1S/C7H12N/c1-3-4-5-6-7-8-2/h1,7-8H,4-6H2,2H3. The van der Waals surface area contributed by atoms with Gasteiger partial charge in [-0.3, -0.25) is 0 Å². The van der Waals surface area contributed by atoms with Gasteiger partial charge in [0.25, 0.3) is 0 Å². The summed E-state index contributed by atoms with van der Waals surface area (Å²) in [5.41, 5.74) is 0. The molecule has 45 valence electrons. The van der Waals surface area contributed by atoms with Crippen molar-refractivity contribution >= 4 is 0 Å². The van der Waals surface area contributed by atoms with Crippen LogP contribution in [0.2, 0.25) is 0 Å². The van der Waals surface area contributed by atoms with E-state index in [9.17, 15) is 0 Å². The zero-order valence-corrected chi connectivity index (χ0v) is 5.28. The van der Waals surface area contributed by atoms with E-state index in [2.05, 4.69) is 11.2 Å². The normalized spacial score (nSPS) is 8.50. The van der Waals surface area contributed by atoms with Gasteiger partial charge in [0.15, 0.2) is 0 Å². The van der Waals surface area contributed by atoms with E-state index in [4.69, 9.17) is 6.42 Å². The first-order valence-corrected chi connectivity index (χ1v) is 2.84. The molecule has 0 aliphatic carbocycles. The van der Waals surface area contributed by atoms with Crippen LogP contribution in [0.4, 0.5) is 0 Å². The Labute approximate surface area is 51.5 Å². The number of nitrogens with one attached hydrogen (secondary N) is 1. The van der Waals surface area contributed by atoms with Crippen LogP contribution in [0, 0.1) is 18.9 Å². The summed E-state index contributed by atoms with van der Waals surface area (Å²) in [5, 5.41) is 2.93. The first-order valence-electron chi connectivity index (χ1n) is 2.84. The summed E-state index contributed by atoms with van der Waals surface area (Å²) in [6.45, 7) is 2.01. The largest absolute Gasteiger partial charge is 0.315 e. The van der Waals surface area contributed by atoms with Crippen LogP contribution in [0.15, 0.2) is 0 Å². The Bertz CT molecular complexity index is 70.9. The molecule has 0 rings (SSSR count). The summed E-state index contributed by atoms with van der Waals surface area (Å²) >= 11 is 0. The predicted octanol–water partition coefficient (Wildman–Crippen LogP) is 1.17. The van der Waals surface area contributed by atoms with Crippen molar-refractivity contribution in [2.24, 2.45) is 0 Å². The smallest absolute Gasteiger partial charge is 0.0218 e. The van der Waals surface area contributed by atoms with E-state index in [0.717, 1.165) is 19.3 Å². The monoisotopic (exact) mass is 110 g/mol. The average molecular weight is 110 g/mol. The molecule has 0 spiro atoms. The van der Waals surface area contributed by atoms with Gasteiger partial charge in [-0.1, -0.05) is 0 Å². The second-order valence-electron chi connectivity index (χ2n) is 1.59. The molecule has 1 heteroatoms. The van der Waals surface area contributed by atoms with Gasteiger partial charge in [0.1, 0.15) is 0 Å². The Morgan fingerprint density at radius 3 is 3.00 bits per heavy atom. The van der Waals surface area contributed by atoms with Crippen LogP contribution in [0.5, 0.6) is 0 Å². The number of terminal acetylenes is 1. The highest BCUT2D eigenvalue weighted by atomic mass is 14.8. The molecule has 0 saturated heterocycles. The van der Waals surface area contributed by atoms with E-state index >= 15 is 0 Å². The van der Waals surface area contributed by atoms with Crippen LogP contribution >= 0.6 is 0 Å². The van der Waals surface area contributed by atoms with Crippen LogP contribution in [0.1, 0.15) is 19.3 Å². The molecule has 0 aromatic carbocycles. The van der Waals surface area contributed by atoms with Crippen molar-refractivity contribution in [3.63, 3.8) is 0 Å². The topological polar surface area (TPSA) is 12.0 Å². The van der Waals surface area contributed by atoms with E-state index in [0.29, 0.717) is 0 Å². The number of unbranched alkanes of at least 4 members (excludes halogenated alkanes) is 2. The lowest BCUT2D eigenvalue weighted by atomic mass is 10.2. The summed E-state index contributed by atoms with van der Waals surface area (Å²) in [6.07, 6.45) is 8.08. The molecule has 0 aliphatic heterocycles. The third kappa shape index (κ3) is 5.52. The fourth-order valence-corrected chi connectivity index (χ4v) is 0.451. The first kappa shape index (κ1) is 7.52. The van der Waals surface area contributed by atoms with E-state index < -0.39 is 0 Å². The molecule has 0 aliphatic rings. The molecular weight excluding hydrogens is 98.1 g/mol. The molecule has 0 aromatic rings. The maximum Gasteiger partial charge on any atom is 0.0218 e. The lowest BCUT2D eigenvalue weighted by molar-refractivity contribution is 0.775. The van der Waals surface area contributed by atoms with Gasteiger partial charge in [-0.2, -0.15) is 0 Å². The number of hydrogen-bond donors (Lipinski definition) is 1. The van der Waals surface area contributed by atoms with Crippen LogP contribution in [0.25, 0.3) is 0 Å². The third-order valence-electron chi connectivity index (χ3n) is 0.874. The number of rotatable bonds is 4. The van der Waals surface area contributed by atoms with Crippen molar-refractivity contribution in [2.45, 2.75) is 19.3 Å². The molecule has 1 nitrogen and oxygen atoms in total. The number of hydrogen-bond acceptors (Lipinski definition) is 1. The molecule has 1 N–H and O–H groups in total. The van der Waals surface area contributed by atoms with Gasteiger partial charge >= 0.3 is 0 Å². The minimum Gasteiger partial charge on any atom is -0.315 e. The highest BCUT2D eigenvalue weighted by Gasteiger charge is 1.81. The fourth-order valence-electron chi connectivity index (χ4n) is 0.451. The van der Waals surface area contributed by atoms with E-state index in [1.54, 1.807) is 0 Å². The second-order valence-corrected chi connectivity index (χ2v) is 1.59. The minimum atomic E-state index is 0.887. The molecule has 1 radical (unpaired) electrons. The molecule has 0 saturated carbocycles. The molecule has 8 heavy (non-hydrogen) atoms. The van der Waals surface area contributed by atoms with Crippen LogP contribution in [-0.4, -0.2) is 7.05 Å². The van der Waals surface area contributed by atoms with E-state index in [1.165, 1.54) is 0 Å². The molecule has 0 unspecified atom stereocenters. The SMILES string of the molecule is C#CCCC[CH]NC. The van der Waals surface area contributed by atoms with Crippen molar-refractivity contribution < 1.29 is 0 Å². The lowest BCUT2D eigenvalue weighted by Crippen LogP contribution is -1.99. The van der Waals surface area contributed by atoms with Crippen LogP contribution in [0.3, 0.4) is 0 Å². The Morgan fingerprint density at radius 1 is 1.75 bits per heavy atom. The van der Waals surface area contributed by atoms with Gasteiger partial charge in [-0.25, -0.2) is 0 Å². The summed E-state index contributed by atoms with van der Waals surface area (Å²) in [5.74, 6) is 2.58. The van der Waals surface area contributed by atoms with Gasteiger partial charge in [0.05, 0.1) is 0 Å². The summed E-state index contributed by atoms with van der Waals surface area (Å²) < 4.78 is 0. The van der Waals surface area contributed by atoms with Gasteiger partial charge < -0.3 is 5.32 Å². The fraction of sp³-hybridized carbons (Fsp3) is 0.571.